The van der Waals surface area contributed by atoms with Crippen LogP contribution in [0, 0.1) is 0 Å². The Bertz CT molecular complexity index is 1300. The highest BCUT2D eigenvalue weighted by Gasteiger charge is 2.32. The molecule has 5 rings (SSSR count). The maximum Gasteiger partial charge on any atom is 0.416 e. The lowest BCUT2D eigenvalue weighted by molar-refractivity contribution is -0.342. The van der Waals surface area contributed by atoms with Crippen molar-refractivity contribution in [3.63, 3.8) is 0 Å². The Kier molecular flexibility index (Phi) is 5.00. The minimum atomic E-state index is -4.40. The molecular formula is C24H16ClF3N2. The maximum atomic E-state index is 13.4. The normalized spacial score (nSPS) is 14.5. The van der Waals surface area contributed by atoms with Crippen molar-refractivity contribution in [1.29, 1.82) is 0 Å². The van der Waals surface area contributed by atoms with E-state index in [2.05, 4.69) is 9.98 Å². The van der Waals surface area contributed by atoms with Crippen molar-refractivity contribution in [2.75, 3.05) is 0 Å². The lowest BCUT2D eigenvalue weighted by atomic mass is 9.89. The van der Waals surface area contributed by atoms with Crippen LogP contribution in [0.4, 0.5) is 18.9 Å². The Hall–Kier alpha value is -3.31. The SMILES string of the molecule is FC(F)(F)c1cccc(/C(=C2/C=[NH+]c3ccccc32)c2c[nH]c3ccccc23)c1.[Cl-]. The van der Waals surface area contributed by atoms with Crippen molar-refractivity contribution >= 4 is 34.0 Å². The van der Waals surface area contributed by atoms with E-state index in [1.807, 2.05) is 60.9 Å². The Morgan fingerprint density at radius 2 is 1.63 bits per heavy atom. The van der Waals surface area contributed by atoms with Gasteiger partial charge in [-0.3, -0.25) is 0 Å². The second kappa shape index (κ2) is 7.50. The number of aromatic nitrogens is 1. The van der Waals surface area contributed by atoms with E-state index in [-0.39, 0.29) is 12.4 Å². The van der Waals surface area contributed by atoms with E-state index in [1.54, 1.807) is 6.07 Å². The van der Waals surface area contributed by atoms with E-state index >= 15 is 0 Å². The fourth-order valence-electron chi connectivity index (χ4n) is 3.86. The van der Waals surface area contributed by atoms with E-state index in [1.165, 1.54) is 12.1 Å². The first kappa shape index (κ1) is 20.0. The van der Waals surface area contributed by atoms with Crippen LogP contribution in [-0.4, -0.2) is 11.2 Å². The summed E-state index contributed by atoms with van der Waals surface area (Å²) >= 11 is 0. The Morgan fingerprint density at radius 3 is 2.47 bits per heavy atom. The molecule has 0 saturated heterocycles. The second-order valence-corrected chi connectivity index (χ2v) is 6.95. The van der Waals surface area contributed by atoms with Crippen molar-refractivity contribution < 1.29 is 30.6 Å². The number of hydrogen-bond acceptors (Lipinski definition) is 0. The van der Waals surface area contributed by atoms with Gasteiger partial charge in [-0.2, -0.15) is 13.2 Å². The molecule has 4 aromatic rings. The van der Waals surface area contributed by atoms with E-state index in [9.17, 15) is 13.2 Å². The second-order valence-electron chi connectivity index (χ2n) is 6.95. The number of para-hydroxylation sites is 2. The van der Waals surface area contributed by atoms with Gasteiger partial charge in [0.15, 0.2) is 6.21 Å². The molecule has 1 aliphatic heterocycles. The lowest BCUT2D eigenvalue weighted by Gasteiger charge is -2.13. The zero-order chi connectivity index (χ0) is 20.0. The molecule has 0 amide bonds. The van der Waals surface area contributed by atoms with Gasteiger partial charge < -0.3 is 17.4 Å². The summed E-state index contributed by atoms with van der Waals surface area (Å²) < 4.78 is 40.2. The van der Waals surface area contributed by atoms with Gasteiger partial charge in [0.2, 0.25) is 5.69 Å². The van der Waals surface area contributed by atoms with Crippen LogP contribution in [0.25, 0.3) is 22.0 Å². The van der Waals surface area contributed by atoms with Crippen LogP contribution in [0.1, 0.15) is 22.3 Å². The van der Waals surface area contributed by atoms with Crippen LogP contribution in [0.15, 0.2) is 79.0 Å². The molecule has 2 nitrogen and oxygen atoms in total. The first-order chi connectivity index (χ1) is 14.0. The topological polar surface area (TPSA) is 29.8 Å². The highest BCUT2D eigenvalue weighted by molar-refractivity contribution is 6.24. The predicted molar refractivity (Wildman–Crippen MR) is 109 cm³/mol. The van der Waals surface area contributed by atoms with E-state index in [0.29, 0.717) is 5.56 Å². The monoisotopic (exact) mass is 424 g/mol. The third kappa shape index (κ3) is 3.31. The van der Waals surface area contributed by atoms with Crippen molar-refractivity contribution in [2.24, 2.45) is 0 Å². The number of benzene rings is 3. The summed E-state index contributed by atoms with van der Waals surface area (Å²) in [6.45, 7) is 0. The largest absolute Gasteiger partial charge is 1.00 e. The average Bonchev–Trinajstić information content (AvgIpc) is 3.34. The molecule has 6 heteroatoms. The van der Waals surface area contributed by atoms with Crippen LogP contribution in [-0.2, 0) is 6.18 Å². The van der Waals surface area contributed by atoms with E-state index < -0.39 is 11.7 Å². The van der Waals surface area contributed by atoms with Gasteiger partial charge in [0.05, 0.1) is 16.7 Å². The molecule has 150 valence electrons. The maximum absolute atomic E-state index is 13.4. The highest BCUT2D eigenvalue weighted by atomic mass is 35.5. The summed E-state index contributed by atoms with van der Waals surface area (Å²) in [4.78, 5) is 6.48. The Balaban J connectivity index is 0.00000218. The van der Waals surface area contributed by atoms with Crippen molar-refractivity contribution in [2.45, 2.75) is 6.18 Å². The molecule has 0 unspecified atom stereocenters. The molecule has 0 radical (unpaired) electrons. The summed E-state index contributed by atoms with van der Waals surface area (Å²) in [7, 11) is 0. The fourth-order valence-corrected chi connectivity index (χ4v) is 3.86. The molecule has 0 atom stereocenters. The average molecular weight is 425 g/mol. The van der Waals surface area contributed by atoms with Gasteiger partial charge in [-0.25, -0.2) is 4.99 Å². The summed E-state index contributed by atoms with van der Waals surface area (Å²) in [5, 5.41) is 0.963. The molecule has 0 aliphatic carbocycles. The van der Waals surface area contributed by atoms with Crippen LogP contribution in [0.3, 0.4) is 0 Å². The number of halogens is 4. The molecule has 0 saturated carbocycles. The van der Waals surface area contributed by atoms with Gasteiger partial charge in [0.25, 0.3) is 0 Å². The summed E-state index contributed by atoms with van der Waals surface area (Å²) in [6, 6.07) is 21.1. The number of nitrogens with one attached hydrogen (secondary N) is 2. The van der Waals surface area contributed by atoms with Crippen LogP contribution >= 0.6 is 0 Å². The van der Waals surface area contributed by atoms with Gasteiger partial charge in [-0.15, -0.1) is 0 Å². The summed E-state index contributed by atoms with van der Waals surface area (Å²) in [5.41, 5.74) is 5.19. The first-order valence-electron chi connectivity index (χ1n) is 9.20. The van der Waals surface area contributed by atoms with Gasteiger partial charge >= 0.3 is 6.18 Å². The molecule has 0 spiro atoms. The number of alkyl halides is 3. The number of hydrogen-bond donors (Lipinski definition) is 2. The van der Waals surface area contributed by atoms with Crippen LogP contribution in [0.2, 0.25) is 0 Å². The van der Waals surface area contributed by atoms with Gasteiger partial charge in [0, 0.05) is 34.3 Å². The van der Waals surface area contributed by atoms with Gasteiger partial charge in [0.1, 0.15) is 0 Å². The standard InChI is InChI=1S/C24H15F3N2.ClH/c25-24(26,27)16-7-5-6-15(12-16)23(19-13-28-21-10-3-1-8-17(19)21)20-14-29-22-11-4-2-9-18(20)22;/h1-14,28H;1H/b23-20+;. The fraction of sp³-hybridized carbons (Fsp3) is 0.0417. The summed E-state index contributed by atoms with van der Waals surface area (Å²) in [6.07, 6.45) is -0.675. The van der Waals surface area contributed by atoms with E-state index in [0.717, 1.165) is 44.9 Å². The Morgan fingerprint density at radius 1 is 0.867 bits per heavy atom. The van der Waals surface area contributed by atoms with Crippen molar-refractivity contribution in [3.8, 4) is 0 Å². The first-order valence-corrected chi connectivity index (χ1v) is 9.20. The molecule has 30 heavy (non-hydrogen) atoms. The zero-order valence-electron chi connectivity index (χ0n) is 15.6. The molecule has 2 heterocycles. The number of aromatic amines is 1. The van der Waals surface area contributed by atoms with Crippen LogP contribution < -0.4 is 17.4 Å². The smallest absolute Gasteiger partial charge is 0.416 e. The molecule has 3 aromatic carbocycles. The molecule has 2 N–H and O–H groups in total. The lowest BCUT2D eigenvalue weighted by Crippen LogP contribution is -3.00. The Labute approximate surface area is 177 Å². The molecule has 1 aromatic heterocycles. The van der Waals surface area contributed by atoms with Crippen LogP contribution in [0.5, 0.6) is 0 Å². The third-order valence-electron chi connectivity index (χ3n) is 5.20. The number of allylic oxidation sites excluding steroid dienone is 1. The zero-order valence-corrected chi connectivity index (χ0v) is 16.4. The van der Waals surface area contributed by atoms with Crippen molar-refractivity contribution in [1.82, 2.24) is 4.98 Å². The van der Waals surface area contributed by atoms with Crippen molar-refractivity contribution in [3.05, 3.63) is 101 Å². The summed E-state index contributed by atoms with van der Waals surface area (Å²) in [5.74, 6) is 0. The van der Waals surface area contributed by atoms with Gasteiger partial charge in [-0.1, -0.05) is 42.5 Å². The number of H-pyrrole nitrogens is 1. The minimum Gasteiger partial charge on any atom is -1.00 e. The molecule has 1 aliphatic rings. The number of fused-ring (bicyclic) bond motifs is 2. The molecule has 0 bridgehead atoms. The van der Waals surface area contributed by atoms with E-state index in [4.69, 9.17) is 0 Å². The highest BCUT2D eigenvalue weighted by Crippen LogP contribution is 2.39. The van der Waals surface area contributed by atoms with Gasteiger partial charge in [-0.05, 0) is 29.8 Å². The molecule has 0 fully saturated rings. The predicted octanol–water partition coefficient (Wildman–Crippen LogP) is 1.95. The quantitative estimate of drug-likeness (QED) is 0.493. The minimum absolute atomic E-state index is 0. The number of rotatable bonds is 2. The molecular weight excluding hydrogens is 409 g/mol. The third-order valence-corrected chi connectivity index (χ3v) is 5.20.